The molecule has 0 aliphatic carbocycles. The summed E-state index contributed by atoms with van der Waals surface area (Å²) in [4.78, 5) is 7.30. The highest BCUT2D eigenvalue weighted by atomic mass is 15.1. The van der Waals surface area contributed by atoms with Crippen LogP contribution < -0.4 is 5.32 Å². The van der Waals surface area contributed by atoms with Gasteiger partial charge in [0.25, 0.3) is 0 Å². The lowest BCUT2D eigenvalue weighted by atomic mass is 10.0. The first-order chi connectivity index (χ1) is 10.2. The number of nitrogens with zero attached hydrogens (tertiary/aromatic N) is 2. The Morgan fingerprint density at radius 2 is 1.81 bits per heavy atom. The first-order valence-corrected chi connectivity index (χ1v) is 8.61. The standard InChI is InChI=1S/C18H33N3/c1-5-12-19-13-17-10-9-11-18(20-17)15-21(8-4)14-16(6-2)7-3/h9-11,16,19H,5-8,12-15H2,1-4H3. The van der Waals surface area contributed by atoms with Crippen LogP contribution in [-0.4, -0.2) is 29.5 Å². The van der Waals surface area contributed by atoms with Crippen LogP contribution in [0.15, 0.2) is 18.2 Å². The van der Waals surface area contributed by atoms with Crippen LogP contribution in [-0.2, 0) is 13.1 Å². The minimum Gasteiger partial charge on any atom is -0.311 e. The van der Waals surface area contributed by atoms with Gasteiger partial charge in [-0.05, 0) is 37.6 Å². The second-order valence-electron chi connectivity index (χ2n) is 5.81. The normalized spacial score (nSPS) is 11.5. The van der Waals surface area contributed by atoms with E-state index in [2.05, 4.69) is 56.1 Å². The number of hydrogen-bond donors (Lipinski definition) is 1. The van der Waals surface area contributed by atoms with Crippen molar-refractivity contribution >= 4 is 0 Å². The molecule has 0 saturated carbocycles. The van der Waals surface area contributed by atoms with Crippen molar-refractivity contribution in [2.75, 3.05) is 19.6 Å². The third-order valence-corrected chi connectivity index (χ3v) is 4.10. The van der Waals surface area contributed by atoms with E-state index in [1.165, 1.54) is 31.5 Å². The Labute approximate surface area is 131 Å². The third kappa shape index (κ3) is 7.05. The summed E-state index contributed by atoms with van der Waals surface area (Å²) in [5, 5.41) is 3.42. The number of pyridine rings is 1. The Kier molecular flexibility index (Phi) is 9.27. The molecule has 0 bridgehead atoms. The molecule has 0 saturated heterocycles. The molecule has 1 aromatic rings. The lowest BCUT2D eigenvalue weighted by Crippen LogP contribution is -2.29. The SMILES string of the molecule is CCCNCc1cccc(CN(CC)CC(CC)CC)n1. The fourth-order valence-corrected chi connectivity index (χ4v) is 2.56. The lowest BCUT2D eigenvalue weighted by Gasteiger charge is -2.25. The molecule has 0 spiro atoms. The van der Waals surface area contributed by atoms with Gasteiger partial charge >= 0.3 is 0 Å². The average Bonchev–Trinajstić information content (AvgIpc) is 2.52. The van der Waals surface area contributed by atoms with Crippen LogP contribution >= 0.6 is 0 Å². The van der Waals surface area contributed by atoms with Crippen molar-refractivity contribution in [1.82, 2.24) is 15.2 Å². The van der Waals surface area contributed by atoms with E-state index in [1.807, 2.05) is 0 Å². The molecule has 1 N–H and O–H groups in total. The molecular formula is C18H33N3. The molecule has 21 heavy (non-hydrogen) atoms. The van der Waals surface area contributed by atoms with Crippen LogP contribution in [0.5, 0.6) is 0 Å². The molecular weight excluding hydrogens is 258 g/mol. The zero-order valence-corrected chi connectivity index (χ0v) is 14.4. The topological polar surface area (TPSA) is 28.2 Å². The van der Waals surface area contributed by atoms with E-state index >= 15 is 0 Å². The van der Waals surface area contributed by atoms with E-state index in [1.54, 1.807) is 0 Å². The van der Waals surface area contributed by atoms with Gasteiger partial charge in [-0.3, -0.25) is 9.88 Å². The molecule has 120 valence electrons. The molecule has 0 fully saturated rings. The monoisotopic (exact) mass is 291 g/mol. The molecule has 0 unspecified atom stereocenters. The highest BCUT2D eigenvalue weighted by Crippen LogP contribution is 2.12. The molecule has 0 aliphatic rings. The first-order valence-electron chi connectivity index (χ1n) is 8.61. The summed E-state index contributed by atoms with van der Waals surface area (Å²) in [6, 6.07) is 6.40. The second kappa shape index (κ2) is 10.7. The molecule has 0 aromatic carbocycles. The van der Waals surface area contributed by atoms with Crippen LogP contribution in [0.2, 0.25) is 0 Å². The summed E-state index contributed by atoms with van der Waals surface area (Å²) in [6.07, 6.45) is 3.70. The minimum atomic E-state index is 0.805. The van der Waals surface area contributed by atoms with Gasteiger partial charge in [-0.1, -0.05) is 46.6 Å². The van der Waals surface area contributed by atoms with Gasteiger partial charge in [0, 0.05) is 19.6 Å². The van der Waals surface area contributed by atoms with Gasteiger partial charge in [0.15, 0.2) is 0 Å². The van der Waals surface area contributed by atoms with E-state index in [0.29, 0.717) is 0 Å². The zero-order valence-electron chi connectivity index (χ0n) is 14.4. The molecule has 1 heterocycles. The maximum Gasteiger partial charge on any atom is 0.0547 e. The predicted octanol–water partition coefficient (Wildman–Crippen LogP) is 3.84. The molecule has 0 amide bonds. The van der Waals surface area contributed by atoms with Gasteiger partial charge < -0.3 is 5.32 Å². The highest BCUT2D eigenvalue weighted by molar-refractivity contribution is 5.11. The Morgan fingerprint density at radius 3 is 2.43 bits per heavy atom. The van der Waals surface area contributed by atoms with Crippen molar-refractivity contribution in [2.24, 2.45) is 5.92 Å². The molecule has 3 nitrogen and oxygen atoms in total. The van der Waals surface area contributed by atoms with E-state index in [4.69, 9.17) is 4.98 Å². The summed E-state index contributed by atoms with van der Waals surface area (Å²) in [7, 11) is 0. The summed E-state index contributed by atoms with van der Waals surface area (Å²) >= 11 is 0. The maximum atomic E-state index is 4.79. The quantitative estimate of drug-likeness (QED) is 0.628. The van der Waals surface area contributed by atoms with Crippen LogP contribution in [0, 0.1) is 5.92 Å². The summed E-state index contributed by atoms with van der Waals surface area (Å²) in [5.41, 5.74) is 2.35. The summed E-state index contributed by atoms with van der Waals surface area (Å²) in [6.45, 7) is 14.2. The molecule has 1 aromatic heterocycles. The lowest BCUT2D eigenvalue weighted by molar-refractivity contribution is 0.224. The predicted molar refractivity (Wildman–Crippen MR) is 91.3 cm³/mol. The summed E-state index contributed by atoms with van der Waals surface area (Å²) < 4.78 is 0. The van der Waals surface area contributed by atoms with E-state index < -0.39 is 0 Å². The van der Waals surface area contributed by atoms with Crippen molar-refractivity contribution in [2.45, 2.75) is 60.0 Å². The Morgan fingerprint density at radius 1 is 1.10 bits per heavy atom. The van der Waals surface area contributed by atoms with Gasteiger partial charge in [0.1, 0.15) is 0 Å². The third-order valence-electron chi connectivity index (χ3n) is 4.10. The Hall–Kier alpha value is -0.930. The minimum absolute atomic E-state index is 0.805. The van der Waals surface area contributed by atoms with Crippen LogP contribution in [0.25, 0.3) is 0 Å². The molecule has 1 rings (SSSR count). The fourth-order valence-electron chi connectivity index (χ4n) is 2.56. The van der Waals surface area contributed by atoms with E-state index in [-0.39, 0.29) is 0 Å². The van der Waals surface area contributed by atoms with Gasteiger partial charge in [0.05, 0.1) is 11.4 Å². The molecule has 0 radical (unpaired) electrons. The van der Waals surface area contributed by atoms with Gasteiger partial charge in [-0.25, -0.2) is 0 Å². The van der Waals surface area contributed by atoms with Gasteiger partial charge in [0.2, 0.25) is 0 Å². The van der Waals surface area contributed by atoms with E-state index in [9.17, 15) is 0 Å². The zero-order chi connectivity index (χ0) is 15.5. The summed E-state index contributed by atoms with van der Waals surface area (Å²) in [5.74, 6) is 0.805. The second-order valence-corrected chi connectivity index (χ2v) is 5.81. The Balaban J connectivity index is 2.56. The van der Waals surface area contributed by atoms with Gasteiger partial charge in [-0.2, -0.15) is 0 Å². The van der Waals surface area contributed by atoms with E-state index in [0.717, 1.165) is 37.8 Å². The molecule has 0 aliphatic heterocycles. The van der Waals surface area contributed by atoms with Crippen molar-refractivity contribution < 1.29 is 0 Å². The number of rotatable bonds is 11. The first kappa shape index (κ1) is 18.1. The molecule has 3 heteroatoms. The number of nitrogens with one attached hydrogen (secondary N) is 1. The van der Waals surface area contributed by atoms with Crippen LogP contribution in [0.1, 0.15) is 58.3 Å². The smallest absolute Gasteiger partial charge is 0.0547 e. The number of aromatic nitrogens is 1. The van der Waals surface area contributed by atoms with Gasteiger partial charge in [-0.15, -0.1) is 0 Å². The molecule has 0 atom stereocenters. The van der Waals surface area contributed by atoms with Crippen molar-refractivity contribution in [3.63, 3.8) is 0 Å². The average molecular weight is 291 g/mol. The van der Waals surface area contributed by atoms with Crippen LogP contribution in [0.3, 0.4) is 0 Å². The Bertz CT molecular complexity index is 374. The maximum absolute atomic E-state index is 4.79. The van der Waals surface area contributed by atoms with Crippen molar-refractivity contribution in [3.8, 4) is 0 Å². The fraction of sp³-hybridized carbons (Fsp3) is 0.722. The largest absolute Gasteiger partial charge is 0.311 e. The van der Waals surface area contributed by atoms with Crippen LogP contribution in [0.4, 0.5) is 0 Å². The van der Waals surface area contributed by atoms with Crippen molar-refractivity contribution in [1.29, 1.82) is 0 Å². The number of hydrogen-bond acceptors (Lipinski definition) is 3. The highest BCUT2D eigenvalue weighted by Gasteiger charge is 2.11. The van der Waals surface area contributed by atoms with Crippen molar-refractivity contribution in [3.05, 3.63) is 29.6 Å².